The highest BCUT2D eigenvalue weighted by Gasteiger charge is 2.43. The molecule has 0 saturated carbocycles. The van der Waals surface area contributed by atoms with Gasteiger partial charge < -0.3 is 38.3 Å². The fourth-order valence-electron chi connectivity index (χ4n) is 5.74. The molecule has 0 amide bonds. The Kier molecular flexibility index (Phi) is 12.7. The molecule has 0 bridgehead atoms. The van der Waals surface area contributed by atoms with E-state index in [-0.39, 0.29) is 29.1 Å². The van der Waals surface area contributed by atoms with Crippen molar-refractivity contribution in [2.45, 2.75) is 64.3 Å². The fourth-order valence-corrected chi connectivity index (χ4v) is 6.71. The first-order valence-electron chi connectivity index (χ1n) is 15.7. The second-order valence-electron chi connectivity index (χ2n) is 12.2. The Labute approximate surface area is 303 Å². The van der Waals surface area contributed by atoms with Crippen LogP contribution in [0.25, 0.3) is 11.3 Å². The SMILES string of the molecule is Cc1cc(C[n+]2cnn(C[C@](O)(c3ccc(F)cc3F)[C@@H](C)c3nc(-c4ccc(C#N)cc4)cs3)c2)cc(C)c1OC(=O)[C@@H](N)CCCN.[Br-]. The van der Waals surface area contributed by atoms with Crippen molar-refractivity contribution < 1.29 is 45.0 Å². The minimum absolute atomic E-state index is 0. The molecule has 0 aliphatic rings. The minimum atomic E-state index is -1.87. The van der Waals surface area contributed by atoms with Gasteiger partial charge in [0.25, 0.3) is 6.33 Å². The zero-order chi connectivity index (χ0) is 35.3. The monoisotopic (exact) mass is 765 g/mol. The van der Waals surface area contributed by atoms with Gasteiger partial charge in [0, 0.05) is 33.6 Å². The van der Waals surface area contributed by atoms with Crippen molar-refractivity contribution in [3.8, 4) is 23.1 Å². The van der Waals surface area contributed by atoms with E-state index in [1.807, 2.05) is 31.4 Å². The number of nitriles is 1. The Morgan fingerprint density at radius 2 is 1.86 bits per heavy atom. The lowest BCUT2D eigenvalue weighted by Crippen LogP contribution is -3.00. The van der Waals surface area contributed by atoms with E-state index in [1.165, 1.54) is 22.1 Å². The minimum Gasteiger partial charge on any atom is -1.00 e. The maximum Gasteiger partial charge on any atom is 0.328 e. The van der Waals surface area contributed by atoms with Gasteiger partial charge >= 0.3 is 5.97 Å². The van der Waals surface area contributed by atoms with Gasteiger partial charge in [-0.3, -0.25) is 0 Å². The van der Waals surface area contributed by atoms with Gasteiger partial charge in [-0.15, -0.1) is 16.0 Å². The van der Waals surface area contributed by atoms with Crippen LogP contribution in [0.3, 0.4) is 0 Å². The first-order valence-corrected chi connectivity index (χ1v) is 16.6. The summed E-state index contributed by atoms with van der Waals surface area (Å²) in [6, 6.07) is 15.2. The Hall–Kier alpha value is -4.39. The Morgan fingerprint density at radius 1 is 1.16 bits per heavy atom. The number of hydrogen-bond acceptors (Lipinski definition) is 9. The first kappa shape index (κ1) is 38.4. The third-order valence-electron chi connectivity index (χ3n) is 8.46. The molecule has 0 fully saturated rings. The molecule has 10 nitrogen and oxygen atoms in total. The number of ether oxygens (including phenoxy) is 1. The van der Waals surface area contributed by atoms with Gasteiger partial charge in [-0.25, -0.2) is 23.1 Å². The van der Waals surface area contributed by atoms with E-state index in [0.29, 0.717) is 47.9 Å². The molecule has 3 aromatic carbocycles. The second kappa shape index (κ2) is 16.5. The molecule has 50 heavy (non-hydrogen) atoms. The number of nitrogens with two attached hydrogens (primary N) is 2. The predicted molar refractivity (Wildman–Crippen MR) is 180 cm³/mol. The van der Waals surface area contributed by atoms with Crippen LogP contribution < -0.4 is 37.8 Å². The highest BCUT2D eigenvalue weighted by atomic mass is 79.9. The van der Waals surface area contributed by atoms with Crippen molar-refractivity contribution in [1.29, 1.82) is 5.26 Å². The number of carbonyl (C=O) groups is 1. The van der Waals surface area contributed by atoms with Crippen molar-refractivity contribution in [2.75, 3.05) is 6.54 Å². The van der Waals surface area contributed by atoms with E-state index in [2.05, 4.69) is 11.2 Å². The first-order chi connectivity index (χ1) is 23.4. The molecule has 2 heterocycles. The van der Waals surface area contributed by atoms with E-state index in [9.17, 15) is 14.3 Å². The maximum atomic E-state index is 15.3. The van der Waals surface area contributed by atoms with E-state index in [4.69, 9.17) is 26.5 Å². The molecule has 262 valence electrons. The summed E-state index contributed by atoms with van der Waals surface area (Å²) in [5.41, 5.74) is 13.9. The van der Waals surface area contributed by atoms with Crippen LogP contribution in [0.5, 0.6) is 5.75 Å². The van der Waals surface area contributed by atoms with Gasteiger partial charge in [-0.2, -0.15) is 5.26 Å². The van der Waals surface area contributed by atoms with Crippen molar-refractivity contribution in [1.82, 2.24) is 14.8 Å². The lowest BCUT2D eigenvalue weighted by atomic mass is 9.82. The van der Waals surface area contributed by atoms with E-state index >= 15 is 4.39 Å². The fraction of sp³-hybridized carbons (Fsp3) is 0.306. The summed E-state index contributed by atoms with van der Waals surface area (Å²) in [4.78, 5) is 17.2. The average Bonchev–Trinajstić information content (AvgIpc) is 3.74. The van der Waals surface area contributed by atoms with Gasteiger partial charge in [0.15, 0.2) is 0 Å². The van der Waals surface area contributed by atoms with Crippen LogP contribution >= 0.6 is 11.3 Å². The maximum absolute atomic E-state index is 15.3. The molecular weight excluding hydrogens is 728 g/mol. The van der Waals surface area contributed by atoms with Crippen LogP contribution in [-0.4, -0.2) is 38.4 Å². The summed E-state index contributed by atoms with van der Waals surface area (Å²) < 4.78 is 38.2. The number of hydrogen-bond donors (Lipinski definition) is 3. The standard InChI is InChI=1S/C36H38F2N7O3S.BrH/c1-22-13-26(14-23(2)33(22)48-35(46)31(41)5-4-12-39)17-44-20-42-45(21-44)19-36(47,29-11-10-28(37)15-30(29)38)24(3)34-43-32(18-49-34)27-8-6-25(16-40)7-9-27;/h6-11,13-15,18,20-21,24,31,47H,4-5,12,17,19,39,41H2,1-3H3;1H/q+1;/p-1/t24-,31-,36+;/m0./s1. The number of aromatic nitrogens is 4. The molecule has 0 aliphatic carbocycles. The van der Waals surface area contributed by atoms with Gasteiger partial charge in [-0.1, -0.05) is 25.1 Å². The molecule has 5 N–H and O–H groups in total. The highest BCUT2D eigenvalue weighted by Crippen LogP contribution is 2.41. The summed E-state index contributed by atoms with van der Waals surface area (Å²) in [5.74, 6) is -2.42. The number of carbonyl (C=O) groups excluding carboxylic acids is 1. The molecule has 0 spiro atoms. The Morgan fingerprint density at radius 3 is 2.50 bits per heavy atom. The normalized spacial score (nSPS) is 13.5. The number of aliphatic hydroxyl groups is 1. The zero-order valence-corrected chi connectivity index (χ0v) is 30.2. The van der Waals surface area contributed by atoms with E-state index in [1.54, 1.807) is 48.4 Å². The van der Waals surface area contributed by atoms with Crippen molar-refractivity contribution in [3.05, 3.63) is 117 Å². The number of rotatable bonds is 13. The summed E-state index contributed by atoms with van der Waals surface area (Å²) in [6.45, 7) is 6.13. The number of aryl methyl sites for hydroxylation is 2. The molecule has 0 unspecified atom stereocenters. The molecule has 0 radical (unpaired) electrons. The molecule has 2 aromatic heterocycles. The van der Waals surface area contributed by atoms with Gasteiger partial charge in [0.1, 0.15) is 35.6 Å². The van der Waals surface area contributed by atoms with Crippen molar-refractivity contribution >= 4 is 17.3 Å². The highest BCUT2D eigenvalue weighted by molar-refractivity contribution is 7.10. The van der Waals surface area contributed by atoms with Crippen LogP contribution in [0.15, 0.2) is 72.6 Å². The smallest absolute Gasteiger partial charge is 0.328 e. The van der Waals surface area contributed by atoms with E-state index < -0.39 is 35.2 Å². The topological polar surface area (TPSA) is 157 Å². The zero-order valence-electron chi connectivity index (χ0n) is 27.8. The number of esters is 1. The average molecular weight is 767 g/mol. The third-order valence-corrected chi connectivity index (χ3v) is 9.49. The second-order valence-corrected chi connectivity index (χ2v) is 13.1. The van der Waals surface area contributed by atoms with E-state index in [0.717, 1.165) is 34.4 Å². The molecule has 5 aromatic rings. The molecular formula is C36H38BrF2N7O3S. The van der Waals surface area contributed by atoms with Crippen LogP contribution in [0.1, 0.15) is 58.5 Å². The lowest BCUT2D eigenvalue weighted by Gasteiger charge is -2.32. The Bertz CT molecular complexity index is 1970. The Balaban J connectivity index is 0.00000562. The number of nitrogens with zero attached hydrogens (tertiary/aromatic N) is 5. The summed E-state index contributed by atoms with van der Waals surface area (Å²) in [6.07, 6.45) is 4.35. The van der Waals surface area contributed by atoms with Gasteiger partial charge in [-0.05, 0) is 80.3 Å². The summed E-state index contributed by atoms with van der Waals surface area (Å²) in [7, 11) is 0. The quantitative estimate of drug-likeness (QED) is 0.0931. The van der Waals surface area contributed by atoms with Crippen LogP contribution in [0.2, 0.25) is 0 Å². The van der Waals surface area contributed by atoms with Crippen molar-refractivity contribution in [2.24, 2.45) is 11.5 Å². The molecule has 14 heteroatoms. The third kappa shape index (κ3) is 8.66. The number of benzene rings is 3. The van der Waals surface area contributed by atoms with Gasteiger partial charge in [0.05, 0.1) is 28.9 Å². The number of halogens is 3. The largest absolute Gasteiger partial charge is 1.00 e. The van der Waals surface area contributed by atoms with Crippen molar-refractivity contribution in [3.63, 3.8) is 0 Å². The predicted octanol–water partition coefficient (Wildman–Crippen LogP) is 1.78. The van der Waals surface area contributed by atoms with Crippen LogP contribution in [-0.2, 0) is 23.5 Å². The summed E-state index contributed by atoms with van der Waals surface area (Å²) >= 11 is 1.31. The summed E-state index contributed by atoms with van der Waals surface area (Å²) in [5, 5.41) is 28.2. The van der Waals surface area contributed by atoms with Crippen LogP contribution in [0, 0.1) is 36.8 Å². The molecule has 0 saturated heterocycles. The lowest BCUT2D eigenvalue weighted by molar-refractivity contribution is -0.689. The van der Waals surface area contributed by atoms with Crippen LogP contribution in [0.4, 0.5) is 8.78 Å². The number of thiazole rings is 1. The molecule has 3 atom stereocenters. The van der Waals surface area contributed by atoms with Gasteiger partial charge in [0.2, 0.25) is 6.33 Å². The molecule has 0 aliphatic heterocycles. The molecule has 5 rings (SSSR count).